The SMILES string of the molecule is CC(=O)C(O)CCNC(=N)N. The molecule has 0 fully saturated rings. The van der Waals surface area contributed by atoms with E-state index in [-0.39, 0.29) is 18.2 Å². The van der Waals surface area contributed by atoms with Gasteiger partial charge in [-0.05, 0) is 13.3 Å². The van der Waals surface area contributed by atoms with Crippen molar-refractivity contribution in [3.8, 4) is 0 Å². The van der Waals surface area contributed by atoms with Crippen LogP contribution >= 0.6 is 0 Å². The Bertz CT molecular complexity index is 158. The van der Waals surface area contributed by atoms with Crippen LogP contribution in [0.3, 0.4) is 0 Å². The molecule has 0 radical (unpaired) electrons. The molecule has 5 heteroatoms. The Morgan fingerprint density at radius 1 is 1.82 bits per heavy atom. The number of hydrogen-bond acceptors (Lipinski definition) is 3. The standard InChI is InChI=1S/C6H13N3O2/c1-4(10)5(11)2-3-9-6(7)8/h5,11H,2-3H2,1H3,(H4,7,8,9). The van der Waals surface area contributed by atoms with Gasteiger partial charge in [0.15, 0.2) is 11.7 Å². The Balaban J connectivity index is 3.39. The quantitative estimate of drug-likeness (QED) is 0.306. The Hall–Kier alpha value is -1.10. The van der Waals surface area contributed by atoms with Crippen molar-refractivity contribution in [1.29, 1.82) is 5.41 Å². The van der Waals surface area contributed by atoms with Crippen molar-refractivity contribution in [2.75, 3.05) is 6.54 Å². The summed E-state index contributed by atoms with van der Waals surface area (Å²) in [6, 6.07) is 0. The molecule has 0 aliphatic heterocycles. The topological polar surface area (TPSA) is 99.2 Å². The second kappa shape index (κ2) is 4.68. The third kappa shape index (κ3) is 5.35. The van der Waals surface area contributed by atoms with E-state index in [4.69, 9.17) is 16.2 Å². The number of aliphatic hydroxyl groups is 1. The van der Waals surface area contributed by atoms with E-state index < -0.39 is 6.10 Å². The molecule has 0 spiro atoms. The molecule has 64 valence electrons. The summed E-state index contributed by atoms with van der Waals surface area (Å²) in [5.41, 5.74) is 4.96. The highest BCUT2D eigenvalue weighted by Gasteiger charge is 2.07. The molecule has 0 saturated carbocycles. The van der Waals surface area contributed by atoms with Crippen molar-refractivity contribution in [2.45, 2.75) is 19.4 Å². The first-order valence-corrected chi connectivity index (χ1v) is 3.30. The number of nitrogens with two attached hydrogens (primary N) is 1. The molecule has 0 rings (SSSR count). The van der Waals surface area contributed by atoms with E-state index in [0.717, 1.165) is 0 Å². The molecule has 5 nitrogen and oxygen atoms in total. The van der Waals surface area contributed by atoms with E-state index in [2.05, 4.69) is 5.32 Å². The minimum atomic E-state index is -0.943. The van der Waals surface area contributed by atoms with Gasteiger partial charge in [0.25, 0.3) is 0 Å². The van der Waals surface area contributed by atoms with Gasteiger partial charge in [0.2, 0.25) is 0 Å². The molecule has 0 aliphatic rings. The first kappa shape index (κ1) is 9.90. The van der Waals surface area contributed by atoms with E-state index in [9.17, 15) is 4.79 Å². The smallest absolute Gasteiger partial charge is 0.185 e. The van der Waals surface area contributed by atoms with Crippen LogP contribution in [0.4, 0.5) is 0 Å². The highest BCUT2D eigenvalue weighted by molar-refractivity contribution is 5.80. The normalized spacial score (nSPS) is 12.2. The molecular weight excluding hydrogens is 146 g/mol. The molecule has 5 N–H and O–H groups in total. The lowest BCUT2D eigenvalue weighted by Crippen LogP contribution is -2.33. The lowest BCUT2D eigenvalue weighted by Gasteiger charge is -2.06. The second-order valence-corrected chi connectivity index (χ2v) is 2.26. The van der Waals surface area contributed by atoms with Gasteiger partial charge < -0.3 is 16.2 Å². The minimum Gasteiger partial charge on any atom is -0.385 e. The first-order valence-electron chi connectivity index (χ1n) is 3.30. The maximum atomic E-state index is 10.5. The summed E-state index contributed by atoms with van der Waals surface area (Å²) in [5.74, 6) is -0.420. The van der Waals surface area contributed by atoms with Gasteiger partial charge in [-0.3, -0.25) is 10.2 Å². The summed E-state index contributed by atoms with van der Waals surface area (Å²) in [6.45, 7) is 1.66. The van der Waals surface area contributed by atoms with Crippen LogP contribution in [-0.2, 0) is 4.79 Å². The fourth-order valence-electron chi connectivity index (χ4n) is 0.547. The van der Waals surface area contributed by atoms with Crippen LogP contribution in [0, 0.1) is 5.41 Å². The molecule has 11 heavy (non-hydrogen) atoms. The predicted octanol–water partition coefficient (Wildman–Crippen LogP) is -1.19. The highest BCUT2D eigenvalue weighted by Crippen LogP contribution is 1.90. The summed E-state index contributed by atoms with van der Waals surface area (Å²) in [4.78, 5) is 10.5. The third-order valence-electron chi connectivity index (χ3n) is 1.20. The molecule has 0 aromatic carbocycles. The van der Waals surface area contributed by atoms with Crippen LogP contribution in [0.2, 0.25) is 0 Å². The lowest BCUT2D eigenvalue weighted by molar-refractivity contribution is -0.125. The van der Waals surface area contributed by atoms with Gasteiger partial charge in [-0.2, -0.15) is 0 Å². The molecule has 1 atom stereocenters. The van der Waals surface area contributed by atoms with Crippen molar-refractivity contribution >= 4 is 11.7 Å². The van der Waals surface area contributed by atoms with Crippen molar-refractivity contribution in [3.63, 3.8) is 0 Å². The van der Waals surface area contributed by atoms with E-state index >= 15 is 0 Å². The van der Waals surface area contributed by atoms with Crippen molar-refractivity contribution in [1.82, 2.24) is 5.32 Å². The maximum absolute atomic E-state index is 10.5. The maximum Gasteiger partial charge on any atom is 0.185 e. The Labute approximate surface area is 65.1 Å². The number of nitrogens with one attached hydrogen (secondary N) is 2. The largest absolute Gasteiger partial charge is 0.385 e. The molecule has 0 aliphatic carbocycles. The number of guanidine groups is 1. The summed E-state index contributed by atoms with van der Waals surface area (Å²) in [5, 5.41) is 18.2. The zero-order valence-electron chi connectivity index (χ0n) is 6.42. The number of carbonyl (C=O) groups excluding carboxylic acids is 1. The number of Topliss-reactive ketones (excluding diaryl/α,β-unsaturated/α-hetero) is 1. The fourth-order valence-corrected chi connectivity index (χ4v) is 0.547. The average molecular weight is 159 g/mol. The van der Waals surface area contributed by atoms with Crippen LogP contribution < -0.4 is 11.1 Å². The van der Waals surface area contributed by atoms with E-state index in [1.165, 1.54) is 6.92 Å². The number of rotatable bonds is 4. The molecule has 0 saturated heterocycles. The monoisotopic (exact) mass is 159 g/mol. The van der Waals surface area contributed by atoms with Crippen LogP contribution in [0.25, 0.3) is 0 Å². The van der Waals surface area contributed by atoms with Crippen LogP contribution in [0.15, 0.2) is 0 Å². The third-order valence-corrected chi connectivity index (χ3v) is 1.20. The zero-order chi connectivity index (χ0) is 8.85. The van der Waals surface area contributed by atoms with E-state index in [0.29, 0.717) is 6.54 Å². The van der Waals surface area contributed by atoms with Crippen molar-refractivity contribution in [2.24, 2.45) is 5.73 Å². The molecule has 1 unspecified atom stereocenters. The van der Waals surface area contributed by atoms with E-state index in [1.54, 1.807) is 0 Å². The molecule has 0 aromatic heterocycles. The van der Waals surface area contributed by atoms with Gasteiger partial charge in [-0.1, -0.05) is 0 Å². The predicted molar refractivity (Wildman–Crippen MR) is 41.2 cm³/mol. The fraction of sp³-hybridized carbons (Fsp3) is 0.667. The summed E-state index contributed by atoms with van der Waals surface area (Å²) >= 11 is 0. The van der Waals surface area contributed by atoms with Gasteiger partial charge in [-0.25, -0.2) is 0 Å². The van der Waals surface area contributed by atoms with Crippen molar-refractivity contribution in [3.05, 3.63) is 0 Å². The van der Waals surface area contributed by atoms with Gasteiger partial charge in [0.1, 0.15) is 6.10 Å². The van der Waals surface area contributed by atoms with Crippen LogP contribution in [0.1, 0.15) is 13.3 Å². The summed E-state index contributed by atoms with van der Waals surface area (Å²) in [6.07, 6.45) is -0.656. The second-order valence-electron chi connectivity index (χ2n) is 2.26. The summed E-state index contributed by atoms with van der Waals surface area (Å²) < 4.78 is 0. The van der Waals surface area contributed by atoms with Crippen molar-refractivity contribution < 1.29 is 9.90 Å². The van der Waals surface area contributed by atoms with Gasteiger partial charge in [-0.15, -0.1) is 0 Å². The van der Waals surface area contributed by atoms with Gasteiger partial charge in [0, 0.05) is 6.54 Å². The number of aliphatic hydroxyl groups excluding tert-OH is 1. The zero-order valence-corrected chi connectivity index (χ0v) is 6.42. The minimum absolute atomic E-state index is 0.152. The van der Waals surface area contributed by atoms with Gasteiger partial charge in [0.05, 0.1) is 0 Å². The molecule has 0 heterocycles. The Morgan fingerprint density at radius 3 is 2.73 bits per heavy atom. The molecule has 0 amide bonds. The first-order chi connectivity index (χ1) is 5.04. The van der Waals surface area contributed by atoms with E-state index in [1.807, 2.05) is 0 Å². The highest BCUT2D eigenvalue weighted by atomic mass is 16.3. The van der Waals surface area contributed by atoms with Crippen LogP contribution in [0.5, 0.6) is 0 Å². The lowest BCUT2D eigenvalue weighted by atomic mass is 10.2. The molecule has 0 aromatic rings. The number of hydrogen-bond donors (Lipinski definition) is 4. The summed E-state index contributed by atoms with van der Waals surface area (Å²) in [7, 11) is 0. The Kier molecular flexibility index (Phi) is 4.21. The molecule has 0 bridgehead atoms. The van der Waals surface area contributed by atoms with Gasteiger partial charge >= 0.3 is 0 Å². The number of carbonyl (C=O) groups is 1. The average Bonchev–Trinajstić information content (AvgIpc) is 1.86. The van der Waals surface area contributed by atoms with Crippen LogP contribution in [-0.4, -0.2) is 29.5 Å². The Morgan fingerprint density at radius 2 is 2.36 bits per heavy atom. The number of ketones is 1. The molecular formula is C6H13N3O2.